The number of nitro benzene ring substituents is 1. The summed E-state index contributed by atoms with van der Waals surface area (Å²) in [5.41, 5.74) is 0.706. The van der Waals surface area contributed by atoms with Crippen molar-refractivity contribution in [3.05, 3.63) is 75.3 Å². The summed E-state index contributed by atoms with van der Waals surface area (Å²) < 4.78 is 10.4. The van der Waals surface area contributed by atoms with E-state index >= 15 is 0 Å². The fraction of sp³-hybridized carbons (Fsp3) is 0.0952. The number of carbonyl (C=O) groups excluding carboxylic acids is 2. The maximum atomic E-state index is 12.9. The van der Waals surface area contributed by atoms with Gasteiger partial charge >= 0.3 is 0 Å². The van der Waals surface area contributed by atoms with E-state index in [1.165, 1.54) is 50.8 Å². The highest BCUT2D eigenvalue weighted by Gasteiger charge is 2.34. The van der Waals surface area contributed by atoms with Crippen LogP contribution in [0.4, 0.5) is 5.69 Å². The number of nitrogens with zero attached hydrogens (tertiary/aromatic N) is 3. The van der Waals surface area contributed by atoms with Gasteiger partial charge in [0.2, 0.25) is 0 Å². The van der Waals surface area contributed by atoms with Crippen LogP contribution < -0.4 is 9.47 Å². The van der Waals surface area contributed by atoms with Crippen LogP contribution in [0.15, 0.2) is 53.6 Å². The van der Waals surface area contributed by atoms with Crippen LogP contribution in [-0.2, 0) is 0 Å². The van der Waals surface area contributed by atoms with E-state index in [2.05, 4.69) is 5.10 Å². The predicted octanol–water partition coefficient (Wildman–Crippen LogP) is 3.40. The second-order valence-electron chi connectivity index (χ2n) is 6.39. The highest BCUT2D eigenvalue weighted by molar-refractivity contribution is 6.26. The standard InChI is InChI=1S/C21H15N3O6/c1-29-13-7-6-12(18(10-13)30-2)11-22-23-20(25)15-5-3-4-14-17(24(27)28)9-8-16(19(14)15)21(23)26/h3-11H,1-2H3/b22-11-. The van der Waals surface area contributed by atoms with E-state index in [1.807, 2.05) is 0 Å². The maximum absolute atomic E-state index is 12.9. The second-order valence-corrected chi connectivity index (χ2v) is 6.39. The van der Waals surface area contributed by atoms with Gasteiger partial charge in [0, 0.05) is 23.1 Å². The third-order valence-electron chi connectivity index (χ3n) is 4.81. The lowest BCUT2D eigenvalue weighted by Crippen LogP contribution is -2.36. The summed E-state index contributed by atoms with van der Waals surface area (Å²) in [5, 5.41) is 16.6. The third-order valence-corrected chi connectivity index (χ3v) is 4.81. The number of ether oxygens (including phenoxy) is 2. The fourth-order valence-electron chi connectivity index (χ4n) is 3.38. The zero-order valence-corrected chi connectivity index (χ0v) is 16.0. The summed E-state index contributed by atoms with van der Waals surface area (Å²) >= 11 is 0. The van der Waals surface area contributed by atoms with Gasteiger partial charge in [-0.2, -0.15) is 10.1 Å². The van der Waals surface area contributed by atoms with Crippen molar-refractivity contribution < 1.29 is 24.0 Å². The van der Waals surface area contributed by atoms with Gasteiger partial charge in [-0.3, -0.25) is 19.7 Å². The van der Waals surface area contributed by atoms with Crippen molar-refractivity contribution in [1.29, 1.82) is 0 Å². The van der Waals surface area contributed by atoms with Crippen LogP contribution in [0.2, 0.25) is 0 Å². The van der Waals surface area contributed by atoms with E-state index < -0.39 is 16.7 Å². The predicted molar refractivity (Wildman–Crippen MR) is 108 cm³/mol. The van der Waals surface area contributed by atoms with E-state index in [4.69, 9.17) is 9.47 Å². The van der Waals surface area contributed by atoms with Crippen molar-refractivity contribution in [1.82, 2.24) is 5.01 Å². The number of hydrazone groups is 1. The number of imide groups is 1. The SMILES string of the molecule is COc1ccc(/C=N\N2C(=O)c3cccc4c([N+](=O)[O-])ccc(c34)C2=O)c(OC)c1. The van der Waals surface area contributed by atoms with Gasteiger partial charge in [0.15, 0.2) is 0 Å². The number of methoxy groups -OCH3 is 2. The van der Waals surface area contributed by atoms with E-state index in [0.717, 1.165) is 5.01 Å². The minimum Gasteiger partial charge on any atom is -0.497 e. The van der Waals surface area contributed by atoms with Crippen molar-refractivity contribution in [2.24, 2.45) is 5.10 Å². The second kappa shape index (κ2) is 7.28. The summed E-state index contributed by atoms with van der Waals surface area (Å²) in [7, 11) is 3.00. The summed E-state index contributed by atoms with van der Waals surface area (Å²) in [6, 6.07) is 12.2. The molecule has 0 aromatic heterocycles. The first-order valence-corrected chi connectivity index (χ1v) is 8.81. The first kappa shape index (κ1) is 19.1. The molecule has 0 saturated heterocycles. The van der Waals surface area contributed by atoms with Crippen molar-refractivity contribution in [2.75, 3.05) is 14.2 Å². The number of nitro groups is 1. The molecule has 0 bridgehead atoms. The molecule has 0 atom stereocenters. The first-order valence-electron chi connectivity index (χ1n) is 8.81. The molecule has 0 saturated carbocycles. The summed E-state index contributed by atoms with van der Waals surface area (Å²) in [5.74, 6) is -0.297. The number of rotatable bonds is 5. The fourth-order valence-corrected chi connectivity index (χ4v) is 3.38. The van der Waals surface area contributed by atoms with Crippen molar-refractivity contribution >= 4 is 34.5 Å². The normalized spacial score (nSPS) is 13.2. The number of non-ortho nitro benzene ring substituents is 1. The number of hydrogen-bond donors (Lipinski definition) is 0. The zero-order valence-electron chi connectivity index (χ0n) is 16.0. The average Bonchev–Trinajstić information content (AvgIpc) is 2.76. The van der Waals surface area contributed by atoms with Crippen LogP contribution in [0, 0.1) is 10.1 Å². The van der Waals surface area contributed by atoms with Crippen molar-refractivity contribution in [3.63, 3.8) is 0 Å². The Kier molecular flexibility index (Phi) is 4.63. The molecule has 9 nitrogen and oxygen atoms in total. The Morgan fingerprint density at radius 3 is 2.40 bits per heavy atom. The molecule has 1 heterocycles. The van der Waals surface area contributed by atoms with Gasteiger partial charge in [-0.15, -0.1) is 0 Å². The molecule has 9 heteroatoms. The molecule has 1 aliphatic heterocycles. The molecule has 0 N–H and O–H groups in total. The molecule has 1 aliphatic rings. The quantitative estimate of drug-likeness (QED) is 0.278. The van der Waals surface area contributed by atoms with Crippen molar-refractivity contribution in [3.8, 4) is 11.5 Å². The Bertz CT molecular complexity index is 1230. The van der Waals surface area contributed by atoms with E-state index in [0.29, 0.717) is 17.1 Å². The molecule has 4 rings (SSSR count). The van der Waals surface area contributed by atoms with Crippen LogP contribution in [0.1, 0.15) is 26.3 Å². The molecule has 0 radical (unpaired) electrons. The number of carbonyl (C=O) groups is 2. The van der Waals surface area contributed by atoms with Gasteiger partial charge in [0.1, 0.15) is 11.5 Å². The Labute approximate surface area is 170 Å². The van der Waals surface area contributed by atoms with E-state index in [1.54, 1.807) is 18.2 Å². The van der Waals surface area contributed by atoms with Gasteiger partial charge in [0.05, 0.1) is 41.9 Å². The summed E-state index contributed by atoms with van der Waals surface area (Å²) in [6.45, 7) is 0. The molecule has 0 aliphatic carbocycles. The smallest absolute Gasteiger partial charge is 0.282 e. The van der Waals surface area contributed by atoms with Gasteiger partial charge in [-0.05, 0) is 30.3 Å². The molecule has 0 unspecified atom stereocenters. The Balaban J connectivity index is 1.79. The molecular weight excluding hydrogens is 390 g/mol. The van der Waals surface area contributed by atoms with Crippen LogP contribution in [0.25, 0.3) is 10.8 Å². The van der Waals surface area contributed by atoms with Crippen molar-refractivity contribution in [2.45, 2.75) is 0 Å². The van der Waals surface area contributed by atoms with E-state index in [-0.39, 0.29) is 27.6 Å². The molecule has 0 fully saturated rings. The zero-order chi connectivity index (χ0) is 21.4. The number of amides is 2. The molecule has 150 valence electrons. The molecule has 3 aromatic rings. The maximum Gasteiger partial charge on any atom is 0.282 e. The highest BCUT2D eigenvalue weighted by Crippen LogP contribution is 2.35. The van der Waals surface area contributed by atoms with Crippen LogP contribution in [0.3, 0.4) is 0 Å². The molecule has 3 aromatic carbocycles. The van der Waals surface area contributed by atoms with Gasteiger partial charge in [-0.25, -0.2) is 0 Å². The minimum absolute atomic E-state index is 0.170. The largest absolute Gasteiger partial charge is 0.497 e. The van der Waals surface area contributed by atoms with Gasteiger partial charge in [0.25, 0.3) is 17.5 Å². The lowest BCUT2D eigenvalue weighted by atomic mass is 9.94. The van der Waals surface area contributed by atoms with E-state index in [9.17, 15) is 19.7 Å². The van der Waals surface area contributed by atoms with Gasteiger partial charge < -0.3 is 9.47 Å². The lowest BCUT2D eigenvalue weighted by Gasteiger charge is -2.23. The Hall–Kier alpha value is -4.27. The molecule has 2 amide bonds. The molecule has 0 spiro atoms. The van der Waals surface area contributed by atoms with Crippen LogP contribution >= 0.6 is 0 Å². The molecule has 30 heavy (non-hydrogen) atoms. The number of benzene rings is 3. The van der Waals surface area contributed by atoms with Crippen LogP contribution in [0.5, 0.6) is 11.5 Å². The average molecular weight is 405 g/mol. The minimum atomic E-state index is -0.665. The molecular formula is C21H15N3O6. The van der Waals surface area contributed by atoms with Crippen LogP contribution in [-0.4, -0.2) is 42.2 Å². The third kappa shape index (κ3) is 2.93. The Morgan fingerprint density at radius 1 is 1.00 bits per heavy atom. The van der Waals surface area contributed by atoms with Gasteiger partial charge in [-0.1, -0.05) is 6.07 Å². The highest BCUT2D eigenvalue weighted by atomic mass is 16.6. The first-order chi connectivity index (χ1) is 14.5. The monoisotopic (exact) mass is 405 g/mol. The summed E-state index contributed by atoms with van der Waals surface area (Å²) in [4.78, 5) is 36.7. The number of hydrogen-bond acceptors (Lipinski definition) is 7. The lowest BCUT2D eigenvalue weighted by molar-refractivity contribution is -0.383. The Morgan fingerprint density at radius 2 is 1.73 bits per heavy atom. The summed E-state index contributed by atoms with van der Waals surface area (Å²) in [6.07, 6.45) is 1.34. The topological polar surface area (TPSA) is 111 Å².